The van der Waals surface area contributed by atoms with Crippen LogP contribution in [0.2, 0.25) is 0 Å². The van der Waals surface area contributed by atoms with Crippen LogP contribution < -0.4 is 5.32 Å². The SMILES string of the molecule is Cc1cc(F)c(NCC2CCC2)cc1Br. The highest BCUT2D eigenvalue weighted by molar-refractivity contribution is 9.10. The number of aryl methyl sites for hydroxylation is 1. The van der Waals surface area contributed by atoms with E-state index >= 15 is 0 Å². The van der Waals surface area contributed by atoms with Crippen molar-refractivity contribution in [1.29, 1.82) is 0 Å². The number of hydrogen-bond acceptors (Lipinski definition) is 1. The van der Waals surface area contributed by atoms with Crippen molar-refractivity contribution in [3.8, 4) is 0 Å². The first-order valence-electron chi connectivity index (χ1n) is 5.36. The molecule has 0 aromatic heterocycles. The van der Waals surface area contributed by atoms with Crippen molar-refractivity contribution in [3.05, 3.63) is 28.0 Å². The molecule has 3 heteroatoms. The van der Waals surface area contributed by atoms with Crippen molar-refractivity contribution in [3.63, 3.8) is 0 Å². The van der Waals surface area contributed by atoms with Gasteiger partial charge < -0.3 is 5.32 Å². The largest absolute Gasteiger partial charge is 0.382 e. The van der Waals surface area contributed by atoms with Crippen LogP contribution in [-0.4, -0.2) is 6.54 Å². The Morgan fingerprint density at radius 2 is 2.20 bits per heavy atom. The fourth-order valence-corrected chi connectivity index (χ4v) is 2.08. The van der Waals surface area contributed by atoms with Gasteiger partial charge in [-0.25, -0.2) is 4.39 Å². The molecule has 1 aliphatic rings. The van der Waals surface area contributed by atoms with Crippen molar-refractivity contribution in [2.24, 2.45) is 5.92 Å². The molecule has 0 bridgehead atoms. The lowest BCUT2D eigenvalue weighted by Crippen LogP contribution is -2.21. The Morgan fingerprint density at radius 1 is 1.47 bits per heavy atom. The summed E-state index contributed by atoms with van der Waals surface area (Å²) in [6.07, 6.45) is 3.88. The second-order valence-electron chi connectivity index (χ2n) is 4.26. The summed E-state index contributed by atoms with van der Waals surface area (Å²) < 4.78 is 14.5. The van der Waals surface area contributed by atoms with Crippen molar-refractivity contribution in [2.45, 2.75) is 26.2 Å². The van der Waals surface area contributed by atoms with Crippen molar-refractivity contribution < 1.29 is 4.39 Å². The van der Waals surface area contributed by atoms with Gasteiger partial charge >= 0.3 is 0 Å². The number of halogens is 2. The summed E-state index contributed by atoms with van der Waals surface area (Å²) in [7, 11) is 0. The monoisotopic (exact) mass is 271 g/mol. The van der Waals surface area contributed by atoms with Gasteiger partial charge in [-0.3, -0.25) is 0 Å². The van der Waals surface area contributed by atoms with Crippen LogP contribution in [0.25, 0.3) is 0 Å². The second kappa shape index (κ2) is 4.52. The van der Waals surface area contributed by atoms with Crippen LogP contribution in [0.3, 0.4) is 0 Å². The molecule has 1 fully saturated rings. The lowest BCUT2D eigenvalue weighted by molar-refractivity contribution is 0.333. The van der Waals surface area contributed by atoms with E-state index in [1.165, 1.54) is 19.3 Å². The standard InChI is InChI=1S/C12H15BrFN/c1-8-5-11(14)12(6-10(8)13)15-7-9-3-2-4-9/h5-6,9,15H,2-4,7H2,1H3. The zero-order valence-corrected chi connectivity index (χ0v) is 10.4. The molecular formula is C12H15BrFN. The normalized spacial score (nSPS) is 16.2. The third-order valence-corrected chi connectivity index (χ3v) is 3.91. The summed E-state index contributed by atoms with van der Waals surface area (Å²) >= 11 is 3.41. The number of nitrogens with one attached hydrogen (secondary N) is 1. The van der Waals surface area contributed by atoms with Gasteiger partial charge in [0.2, 0.25) is 0 Å². The molecule has 0 aliphatic heterocycles. The topological polar surface area (TPSA) is 12.0 Å². The van der Waals surface area contributed by atoms with Gasteiger partial charge in [-0.1, -0.05) is 22.4 Å². The molecule has 0 heterocycles. The van der Waals surface area contributed by atoms with E-state index in [9.17, 15) is 4.39 Å². The predicted octanol–water partition coefficient (Wildman–Crippen LogP) is 4.11. The minimum atomic E-state index is -0.157. The van der Waals surface area contributed by atoms with E-state index in [0.29, 0.717) is 5.69 Å². The van der Waals surface area contributed by atoms with Gasteiger partial charge in [0.25, 0.3) is 0 Å². The molecular weight excluding hydrogens is 257 g/mol. The second-order valence-corrected chi connectivity index (χ2v) is 5.11. The number of hydrogen-bond donors (Lipinski definition) is 1. The van der Waals surface area contributed by atoms with Gasteiger partial charge in [0.1, 0.15) is 5.82 Å². The maximum absolute atomic E-state index is 13.5. The zero-order chi connectivity index (χ0) is 10.8. The first kappa shape index (κ1) is 10.9. The molecule has 1 aromatic carbocycles. The van der Waals surface area contributed by atoms with Gasteiger partial charge in [-0.15, -0.1) is 0 Å². The summed E-state index contributed by atoms with van der Waals surface area (Å²) in [4.78, 5) is 0. The number of rotatable bonds is 3. The van der Waals surface area contributed by atoms with Crippen LogP contribution >= 0.6 is 15.9 Å². The van der Waals surface area contributed by atoms with Crippen LogP contribution in [0.4, 0.5) is 10.1 Å². The smallest absolute Gasteiger partial charge is 0.146 e. The van der Waals surface area contributed by atoms with Crippen LogP contribution in [0.5, 0.6) is 0 Å². The highest BCUT2D eigenvalue weighted by Crippen LogP contribution is 2.28. The summed E-state index contributed by atoms with van der Waals surface area (Å²) in [5, 5.41) is 3.18. The molecule has 1 aromatic rings. The fourth-order valence-electron chi connectivity index (χ4n) is 1.73. The van der Waals surface area contributed by atoms with Gasteiger partial charge in [0.05, 0.1) is 5.69 Å². The van der Waals surface area contributed by atoms with E-state index in [-0.39, 0.29) is 5.82 Å². The van der Waals surface area contributed by atoms with Crippen molar-refractivity contribution in [1.82, 2.24) is 0 Å². The Hall–Kier alpha value is -0.570. The highest BCUT2D eigenvalue weighted by atomic mass is 79.9. The molecule has 1 N–H and O–H groups in total. The molecule has 1 aliphatic carbocycles. The Kier molecular flexibility index (Phi) is 3.29. The summed E-state index contributed by atoms with van der Waals surface area (Å²) in [6, 6.07) is 3.39. The van der Waals surface area contributed by atoms with Gasteiger partial charge in [0, 0.05) is 11.0 Å². The minimum Gasteiger partial charge on any atom is -0.382 e. The van der Waals surface area contributed by atoms with Crippen molar-refractivity contribution >= 4 is 21.6 Å². The lowest BCUT2D eigenvalue weighted by Gasteiger charge is -2.26. The molecule has 15 heavy (non-hydrogen) atoms. The molecule has 1 saturated carbocycles. The van der Waals surface area contributed by atoms with Crippen LogP contribution in [0, 0.1) is 18.7 Å². The van der Waals surface area contributed by atoms with Crippen LogP contribution in [-0.2, 0) is 0 Å². The van der Waals surface area contributed by atoms with E-state index in [1.54, 1.807) is 6.07 Å². The zero-order valence-electron chi connectivity index (χ0n) is 8.82. The van der Waals surface area contributed by atoms with Gasteiger partial charge in [0.15, 0.2) is 0 Å². The minimum absolute atomic E-state index is 0.157. The van der Waals surface area contributed by atoms with Crippen LogP contribution in [0.15, 0.2) is 16.6 Å². The molecule has 0 saturated heterocycles. The predicted molar refractivity (Wildman–Crippen MR) is 64.7 cm³/mol. The van der Waals surface area contributed by atoms with E-state index in [0.717, 1.165) is 22.5 Å². The molecule has 82 valence electrons. The third kappa shape index (κ3) is 2.51. The Bertz CT molecular complexity index is 361. The Labute approximate surface area is 98.2 Å². The average Bonchev–Trinajstić information content (AvgIpc) is 2.11. The first-order chi connectivity index (χ1) is 7.16. The first-order valence-corrected chi connectivity index (χ1v) is 6.15. The highest BCUT2D eigenvalue weighted by Gasteiger charge is 2.17. The van der Waals surface area contributed by atoms with E-state index in [2.05, 4.69) is 21.2 Å². The molecule has 0 atom stereocenters. The molecule has 1 nitrogen and oxygen atoms in total. The Morgan fingerprint density at radius 3 is 2.80 bits per heavy atom. The molecule has 0 unspecified atom stereocenters. The van der Waals surface area contributed by atoms with Crippen LogP contribution in [0.1, 0.15) is 24.8 Å². The summed E-state index contributed by atoms with van der Waals surface area (Å²) in [5.74, 6) is 0.583. The molecule has 0 spiro atoms. The third-order valence-electron chi connectivity index (χ3n) is 3.05. The number of benzene rings is 1. The number of anilines is 1. The summed E-state index contributed by atoms with van der Waals surface area (Å²) in [6.45, 7) is 2.79. The van der Waals surface area contributed by atoms with E-state index in [4.69, 9.17) is 0 Å². The molecule has 0 amide bonds. The molecule has 0 radical (unpaired) electrons. The van der Waals surface area contributed by atoms with E-state index < -0.39 is 0 Å². The Balaban J connectivity index is 2.03. The van der Waals surface area contributed by atoms with Gasteiger partial charge in [-0.05, 0) is 43.4 Å². The maximum Gasteiger partial charge on any atom is 0.146 e. The maximum atomic E-state index is 13.5. The average molecular weight is 272 g/mol. The quantitative estimate of drug-likeness (QED) is 0.873. The molecule has 2 rings (SSSR count). The van der Waals surface area contributed by atoms with Gasteiger partial charge in [-0.2, -0.15) is 0 Å². The lowest BCUT2D eigenvalue weighted by atomic mass is 9.85. The summed E-state index contributed by atoms with van der Waals surface area (Å²) in [5.41, 5.74) is 1.54. The fraction of sp³-hybridized carbons (Fsp3) is 0.500. The van der Waals surface area contributed by atoms with Crippen molar-refractivity contribution in [2.75, 3.05) is 11.9 Å². The van der Waals surface area contributed by atoms with E-state index in [1.807, 2.05) is 13.0 Å².